The van der Waals surface area contributed by atoms with Gasteiger partial charge in [-0.25, -0.2) is 0 Å². The summed E-state index contributed by atoms with van der Waals surface area (Å²) in [4.78, 5) is 11.2. The third-order valence-electron chi connectivity index (χ3n) is 3.28. The second-order valence-electron chi connectivity index (χ2n) is 5.00. The van der Waals surface area contributed by atoms with Gasteiger partial charge < -0.3 is 34.8 Å². The number of aliphatic hydroxyl groups is 3. The Kier molecular flexibility index (Phi) is 8.09. The van der Waals surface area contributed by atoms with Gasteiger partial charge in [-0.1, -0.05) is 0 Å². The fraction of sp³-hybridized carbons (Fsp3) is 0.923. The van der Waals surface area contributed by atoms with Gasteiger partial charge in [0.15, 0.2) is 6.29 Å². The molecule has 0 aromatic carbocycles. The van der Waals surface area contributed by atoms with Gasteiger partial charge in [0.2, 0.25) is 5.91 Å². The van der Waals surface area contributed by atoms with Crippen molar-refractivity contribution >= 4 is 5.91 Å². The molecule has 1 aliphatic heterocycles. The van der Waals surface area contributed by atoms with Crippen LogP contribution in [0, 0.1) is 0 Å². The van der Waals surface area contributed by atoms with Crippen LogP contribution in [0.1, 0.15) is 19.8 Å². The molecule has 0 aromatic heterocycles. The Morgan fingerprint density at radius 1 is 1.24 bits per heavy atom. The number of aliphatic hydroxyl groups excluding tert-OH is 3. The molecule has 1 saturated heterocycles. The molecule has 8 heteroatoms. The van der Waals surface area contributed by atoms with Crippen LogP contribution in [0.3, 0.4) is 0 Å². The summed E-state index contributed by atoms with van der Waals surface area (Å²) >= 11 is 0. The fourth-order valence-electron chi connectivity index (χ4n) is 2.16. The van der Waals surface area contributed by atoms with E-state index in [1.54, 1.807) is 7.11 Å². The first-order valence-electron chi connectivity index (χ1n) is 7.01. The number of amides is 1. The Morgan fingerprint density at radius 3 is 2.48 bits per heavy atom. The van der Waals surface area contributed by atoms with E-state index >= 15 is 0 Å². The van der Waals surface area contributed by atoms with Crippen LogP contribution in [-0.4, -0.2) is 78.8 Å². The first kappa shape index (κ1) is 18.3. The summed E-state index contributed by atoms with van der Waals surface area (Å²) in [7, 11) is 1.61. The number of unbranched alkanes of at least 4 members (excludes halogenated alkanes) is 1. The number of methoxy groups -OCH3 is 1. The summed E-state index contributed by atoms with van der Waals surface area (Å²) in [6.45, 7) is 1.82. The van der Waals surface area contributed by atoms with Crippen LogP contribution in [0.2, 0.25) is 0 Å². The summed E-state index contributed by atoms with van der Waals surface area (Å²) < 4.78 is 15.9. The van der Waals surface area contributed by atoms with Crippen molar-refractivity contribution in [1.29, 1.82) is 0 Å². The van der Waals surface area contributed by atoms with Crippen LogP contribution < -0.4 is 5.32 Å². The number of ether oxygens (including phenoxy) is 3. The number of nitrogens with one attached hydrogen (secondary N) is 1. The van der Waals surface area contributed by atoms with Crippen molar-refractivity contribution in [2.24, 2.45) is 0 Å². The molecule has 1 aliphatic rings. The zero-order valence-electron chi connectivity index (χ0n) is 12.4. The Morgan fingerprint density at radius 2 is 1.90 bits per heavy atom. The molecule has 0 aromatic rings. The van der Waals surface area contributed by atoms with Gasteiger partial charge in [0.25, 0.3) is 0 Å². The van der Waals surface area contributed by atoms with Gasteiger partial charge in [0.05, 0.1) is 6.61 Å². The zero-order chi connectivity index (χ0) is 15.8. The molecule has 0 aliphatic carbocycles. The highest BCUT2D eigenvalue weighted by atomic mass is 16.7. The molecule has 4 N–H and O–H groups in total. The summed E-state index contributed by atoms with van der Waals surface area (Å²) in [5.41, 5.74) is 0. The van der Waals surface area contributed by atoms with Gasteiger partial charge in [-0.05, 0) is 12.8 Å². The Balaban J connectivity index is 2.58. The van der Waals surface area contributed by atoms with E-state index in [-0.39, 0.29) is 5.91 Å². The molecule has 1 amide bonds. The number of carbonyl (C=O) groups excluding carboxylic acids is 1. The van der Waals surface area contributed by atoms with E-state index in [4.69, 9.17) is 19.3 Å². The quantitative estimate of drug-likeness (QED) is 0.398. The molecule has 1 heterocycles. The van der Waals surface area contributed by atoms with Gasteiger partial charge in [-0.3, -0.25) is 4.79 Å². The lowest BCUT2D eigenvalue weighted by Gasteiger charge is -2.42. The van der Waals surface area contributed by atoms with E-state index in [1.807, 2.05) is 0 Å². The van der Waals surface area contributed by atoms with Gasteiger partial charge in [-0.2, -0.15) is 0 Å². The number of rotatable bonds is 8. The van der Waals surface area contributed by atoms with Crippen molar-refractivity contribution < 1.29 is 34.3 Å². The molecule has 124 valence electrons. The van der Waals surface area contributed by atoms with E-state index in [2.05, 4.69) is 5.32 Å². The zero-order valence-corrected chi connectivity index (χ0v) is 12.4. The summed E-state index contributed by atoms with van der Waals surface area (Å²) in [6.07, 6.45) is -2.91. The number of carbonyl (C=O) groups is 1. The maximum Gasteiger partial charge on any atom is 0.217 e. The molecule has 0 bridgehead atoms. The molecule has 0 saturated carbocycles. The van der Waals surface area contributed by atoms with Crippen LogP contribution in [0.5, 0.6) is 0 Å². The van der Waals surface area contributed by atoms with Gasteiger partial charge >= 0.3 is 0 Å². The Bertz CT molecular complexity index is 315. The third-order valence-corrected chi connectivity index (χ3v) is 3.28. The molecule has 1 rings (SSSR count). The average molecular weight is 307 g/mol. The van der Waals surface area contributed by atoms with Crippen molar-refractivity contribution in [2.75, 3.05) is 26.9 Å². The van der Waals surface area contributed by atoms with Gasteiger partial charge in [-0.15, -0.1) is 0 Å². The molecule has 5 atom stereocenters. The van der Waals surface area contributed by atoms with E-state index in [9.17, 15) is 15.0 Å². The minimum atomic E-state index is -1.29. The van der Waals surface area contributed by atoms with E-state index < -0.39 is 37.3 Å². The first-order chi connectivity index (χ1) is 10.0. The normalized spacial score (nSPS) is 32.9. The van der Waals surface area contributed by atoms with Crippen molar-refractivity contribution in [1.82, 2.24) is 5.32 Å². The van der Waals surface area contributed by atoms with Crippen molar-refractivity contribution in [3.05, 3.63) is 0 Å². The second-order valence-corrected chi connectivity index (χ2v) is 5.00. The van der Waals surface area contributed by atoms with Crippen LogP contribution in [0.4, 0.5) is 0 Å². The number of hydrogen-bond donors (Lipinski definition) is 4. The molecule has 0 radical (unpaired) electrons. The molecular weight excluding hydrogens is 282 g/mol. The molecule has 1 fully saturated rings. The monoisotopic (exact) mass is 307 g/mol. The average Bonchev–Trinajstić information content (AvgIpc) is 2.45. The molecule has 21 heavy (non-hydrogen) atoms. The lowest BCUT2D eigenvalue weighted by atomic mass is 9.97. The summed E-state index contributed by atoms with van der Waals surface area (Å²) in [6, 6.07) is -0.886. The van der Waals surface area contributed by atoms with Crippen molar-refractivity contribution in [2.45, 2.75) is 50.4 Å². The lowest BCUT2D eigenvalue weighted by molar-refractivity contribution is -0.270. The first-order valence-corrected chi connectivity index (χ1v) is 7.01. The highest BCUT2D eigenvalue weighted by Gasteiger charge is 2.45. The topological polar surface area (TPSA) is 117 Å². The van der Waals surface area contributed by atoms with E-state index in [0.29, 0.717) is 13.2 Å². The molecule has 0 spiro atoms. The number of hydrogen-bond acceptors (Lipinski definition) is 7. The summed E-state index contributed by atoms with van der Waals surface area (Å²) in [5.74, 6) is -0.370. The van der Waals surface area contributed by atoms with Crippen LogP contribution >= 0.6 is 0 Å². The second kappa shape index (κ2) is 9.29. The molecular formula is C13H25NO7. The van der Waals surface area contributed by atoms with Crippen LogP contribution in [0.15, 0.2) is 0 Å². The van der Waals surface area contributed by atoms with Gasteiger partial charge in [0.1, 0.15) is 24.4 Å². The Labute approximate surface area is 124 Å². The highest BCUT2D eigenvalue weighted by molar-refractivity contribution is 5.73. The highest BCUT2D eigenvalue weighted by Crippen LogP contribution is 2.22. The minimum Gasteiger partial charge on any atom is -0.394 e. The molecule has 8 nitrogen and oxygen atoms in total. The fourth-order valence-corrected chi connectivity index (χ4v) is 2.16. The van der Waals surface area contributed by atoms with Gasteiger partial charge in [0, 0.05) is 27.2 Å². The lowest BCUT2D eigenvalue weighted by Crippen LogP contribution is -2.64. The van der Waals surface area contributed by atoms with Crippen molar-refractivity contribution in [3.63, 3.8) is 0 Å². The standard InChI is InChI=1S/C13H25NO7/c1-8(16)14-10-12(18)11(17)9(7-15)21-13(10)20-6-4-3-5-19-2/h9-13,15,17-18H,3-7H2,1-2H3,(H,14,16)/t9?,10?,11-,12+,13+/m0/s1. The minimum absolute atomic E-state index is 0.352. The van der Waals surface area contributed by atoms with Crippen LogP contribution in [-0.2, 0) is 19.0 Å². The predicted molar refractivity (Wildman–Crippen MR) is 72.4 cm³/mol. The van der Waals surface area contributed by atoms with Crippen LogP contribution in [0.25, 0.3) is 0 Å². The Hall–Kier alpha value is -0.770. The smallest absolute Gasteiger partial charge is 0.217 e. The van der Waals surface area contributed by atoms with E-state index in [1.165, 1.54) is 6.92 Å². The molecule has 2 unspecified atom stereocenters. The van der Waals surface area contributed by atoms with E-state index in [0.717, 1.165) is 12.8 Å². The summed E-state index contributed by atoms with van der Waals surface area (Å²) in [5, 5.41) is 31.5. The maximum absolute atomic E-state index is 11.2. The SMILES string of the molecule is COCCCCO[C@@H]1OC(CO)[C@H](O)[C@H](O)C1NC(C)=O. The predicted octanol–water partition coefficient (Wildman–Crippen LogP) is -1.63. The maximum atomic E-state index is 11.2. The van der Waals surface area contributed by atoms with Crippen molar-refractivity contribution in [3.8, 4) is 0 Å². The largest absolute Gasteiger partial charge is 0.394 e. The third kappa shape index (κ3) is 5.50.